The molecule has 5 nitrogen and oxygen atoms in total. The van der Waals surface area contributed by atoms with E-state index in [2.05, 4.69) is 29.5 Å². The maximum absolute atomic E-state index is 12.2. The topological polar surface area (TPSA) is 74.0 Å². The van der Waals surface area contributed by atoms with Gasteiger partial charge in [0.1, 0.15) is 5.69 Å². The van der Waals surface area contributed by atoms with Crippen molar-refractivity contribution in [2.45, 2.75) is 26.8 Å². The molecule has 0 aliphatic heterocycles. The largest absolute Gasteiger partial charge is 0.380 e. The summed E-state index contributed by atoms with van der Waals surface area (Å²) in [6.45, 7) is 6.19. The van der Waals surface area contributed by atoms with Gasteiger partial charge >= 0.3 is 0 Å². The van der Waals surface area contributed by atoms with Gasteiger partial charge in [-0.25, -0.2) is 0 Å². The van der Waals surface area contributed by atoms with Crippen molar-refractivity contribution in [3.05, 3.63) is 53.9 Å². The van der Waals surface area contributed by atoms with E-state index in [9.17, 15) is 9.59 Å². The molecule has 0 saturated carbocycles. The molecule has 0 aliphatic carbocycles. The molecule has 2 aromatic rings. The maximum atomic E-state index is 12.2. The van der Waals surface area contributed by atoms with Crippen molar-refractivity contribution in [3.8, 4) is 0 Å². The fourth-order valence-electron chi connectivity index (χ4n) is 2.23. The molecule has 0 radical (unpaired) electrons. The Balaban J connectivity index is 1.95. The van der Waals surface area contributed by atoms with Crippen molar-refractivity contribution in [1.82, 2.24) is 10.3 Å². The van der Waals surface area contributed by atoms with E-state index >= 15 is 0 Å². The molecule has 1 unspecified atom stereocenters. The van der Waals surface area contributed by atoms with Crippen molar-refractivity contribution < 1.29 is 9.59 Å². The van der Waals surface area contributed by atoms with Crippen LogP contribution in [0.3, 0.4) is 0 Å². The van der Waals surface area contributed by atoms with Gasteiger partial charge in [0, 0.05) is 30.0 Å². The standard InChI is InChI=1S/C18H23N3O2/c1-12(2)17(21-15-7-5-4-6-8-15)11-20-18(23)16-9-14(10-19-16)13(3)22/h4-10,12,17,19,21H,11H2,1-3H3,(H,20,23). The second-order valence-electron chi connectivity index (χ2n) is 5.93. The van der Waals surface area contributed by atoms with Crippen LogP contribution in [0.1, 0.15) is 41.6 Å². The Morgan fingerprint density at radius 2 is 1.87 bits per heavy atom. The average molecular weight is 313 g/mol. The van der Waals surface area contributed by atoms with Crippen LogP contribution >= 0.6 is 0 Å². The van der Waals surface area contributed by atoms with Gasteiger partial charge in [-0.1, -0.05) is 32.0 Å². The fourth-order valence-corrected chi connectivity index (χ4v) is 2.23. The zero-order valence-corrected chi connectivity index (χ0v) is 13.7. The Hall–Kier alpha value is -2.56. The van der Waals surface area contributed by atoms with E-state index in [0.29, 0.717) is 23.7 Å². The lowest BCUT2D eigenvalue weighted by Crippen LogP contribution is -2.39. The molecule has 1 aromatic carbocycles. The molecule has 0 spiro atoms. The molecule has 0 fully saturated rings. The van der Waals surface area contributed by atoms with E-state index in [0.717, 1.165) is 5.69 Å². The number of ketones is 1. The van der Waals surface area contributed by atoms with Crippen LogP contribution in [0.2, 0.25) is 0 Å². The minimum absolute atomic E-state index is 0.0638. The number of aromatic nitrogens is 1. The molecular formula is C18H23N3O2. The summed E-state index contributed by atoms with van der Waals surface area (Å²) in [6, 6.07) is 11.6. The van der Waals surface area contributed by atoms with Crippen molar-refractivity contribution in [3.63, 3.8) is 0 Å². The summed E-state index contributed by atoms with van der Waals surface area (Å²) in [5.74, 6) is 0.0797. The highest BCUT2D eigenvalue weighted by molar-refractivity contribution is 5.99. The van der Waals surface area contributed by atoms with Gasteiger partial charge in [-0.05, 0) is 31.0 Å². The number of H-pyrrole nitrogens is 1. The zero-order valence-electron chi connectivity index (χ0n) is 13.7. The summed E-state index contributed by atoms with van der Waals surface area (Å²) < 4.78 is 0. The molecule has 0 aliphatic rings. The molecule has 3 N–H and O–H groups in total. The van der Waals surface area contributed by atoms with Crippen molar-refractivity contribution >= 4 is 17.4 Å². The van der Waals surface area contributed by atoms with Crippen LogP contribution in [0.15, 0.2) is 42.6 Å². The van der Waals surface area contributed by atoms with E-state index < -0.39 is 0 Å². The number of carbonyl (C=O) groups is 2. The third-order valence-corrected chi connectivity index (χ3v) is 3.75. The number of hydrogen-bond acceptors (Lipinski definition) is 3. The van der Waals surface area contributed by atoms with Gasteiger partial charge in [-0.2, -0.15) is 0 Å². The second-order valence-corrected chi connectivity index (χ2v) is 5.93. The predicted octanol–water partition coefficient (Wildman–Crippen LogP) is 3.08. The summed E-state index contributed by atoms with van der Waals surface area (Å²) in [5.41, 5.74) is 1.94. The summed E-state index contributed by atoms with van der Waals surface area (Å²) in [6.07, 6.45) is 1.55. The van der Waals surface area contributed by atoms with Crippen molar-refractivity contribution in [2.75, 3.05) is 11.9 Å². The van der Waals surface area contributed by atoms with Gasteiger partial charge < -0.3 is 15.6 Å². The molecular weight excluding hydrogens is 290 g/mol. The number of para-hydroxylation sites is 1. The van der Waals surface area contributed by atoms with Gasteiger partial charge in [0.05, 0.1) is 0 Å². The monoisotopic (exact) mass is 313 g/mol. The number of nitrogens with one attached hydrogen (secondary N) is 3. The molecule has 1 aromatic heterocycles. The molecule has 1 atom stereocenters. The van der Waals surface area contributed by atoms with E-state index in [1.165, 1.54) is 6.92 Å². The highest BCUT2D eigenvalue weighted by atomic mass is 16.2. The molecule has 122 valence electrons. The van der Waals surface area contributed by atoms with Crippen LogP contribution in [0, 0.1) is 5.92 Å². The highest BCUT2D eigenvalue weighted by Gasteiger charge is 2.16. The molecule has 2 rings (SSSR count). The number of aromatic amines is 1. The van der Waals surface area contributed by atoms with Crippen LogP contribution in [0.5, 0.6) is 0 Å². The Labute approximate surface area is 136 Å². The van der Waals surface area contributed by atoms with Crippen LogP contribution in [0.25, 0.3) is 0 Å². The van der Waals surface area contributed by atoms with E-state index in [1.54, 1.807) is 12.3 Å². The summed E-state index contributed by atoms with van der Waals surface area (Å²) in [7, 11) is 0. The van der Waals surface area contributed by atoms with E-state index in [4.69, 9.17) is 0 Å². The molecule has 1 heterocycles. The second kappa shape index (κ2) is 7.63. The van der Waals surface area contributed by atoms with Gasteiger partial charge in [0.15, 0.2) is 5.78 Å². The first-order chi connectivity index (χ1) is 11.0. The molecule has 1 amide bonds. The predicted molar refractivity (Wildman–Crippen MR) is 91.8 cm³/mol. The molecule has 0 saturated heterocycles. The van der Waals surface area contributed by atoms with Gasteiger partial charge in [-0.3, -0.25) is 9.59 Å². The first kappa shape index (κ1) is 16.8. The fraction of sp³-hybridized carbons (Fsp3) is 0.333. The summed E-state index contributed by atoms with van der Waals surface area (Å²) in [4.78, 5) is 26.3. The summed E-state index contributed by atoms with van der Waals surface area (Å²) in [5, 5.41) is 6.34. The number of benzene rings is 1. The quantitative estimate of drug-likeness (QED) is 0.688. The first-order valence-electron chi connectivity index (χ1n) is 7.76. The number of rotatable bonds is 7. The van der Waals surface area contributed by atoms with E-state index in [-0.39, 0.29) is 17.7 Å². The molecule has 5 heteroatoms. The lowest BCUT2D eigenvalue weighted by molar-refractivity contribution is 0.0945. The van der Waals surface area contributed by atoms with Crippen LogP contribution in [-0.2, 0) is 0 Å². The number of carbonyl (C=O) groups excluding carboxylic acids is 2. The number of Topliss-reactive ketones (excluding diaryl/α,β-unsaturated/α-hetero) is 1. The average Bonchev–Trinajstić information content (AvgIpc) is 3.02. The summed E-state index contributed by atoms with van der Waals surface area (Å²) >= 11 is 0. The normalized spacial score (nSPS) is 12.0. The number of anilines is 1. The van der Waals surface area contributed by atoms with Crippen LogP contribution in [0.4, 0.5) is 5.69 Å². The highest BCUT2D eigenvalue weighted by Crippen LogP contribution is 2.12. The van der Waals surface area contributed by atoms with Crippen LogP contribution in [-0.4, -0.2) is 29.3 Å². The number of amides is 1. The molecule has 23 heavy (non-hydrogen) atoms. The van der Waals surface area contributed by atoms with Crippen LogP contribution < -0.4 is 10.6 Å². The Morgan fingerprint density at radius 1 is 1.17 bits per heavy atom. The lowest BCUT2D eigenvalue weighted by atomic mass is 10.0. The van der Waals surface area contributed by atoms with Gasteiger partial charge in [0.2, 0.25) is 0 Å². The van der Waals surface area contributed by atoms with Gasteiger partial charge in [0.25, 0.3) is 5.91 Å². The minimum atomic E-state index is -0.210. The third-order valence-electron chi connectivity index (χ3n) is 3.75. The third kappa shape index (κ3) is 4.71. The minimum Gasteiger partial charge on any atom is -0.380 e. The van der Waals surface area contributed by atoms with Gasteiger partial charge in [-0.15, -0.1) is 0 Å². The first-order valence-corrected chi connectivity index (χ1v) is 7.76. The van der Waals surface area contributed by atoms with E-state index in [1.807, 2.05) is 30.3 Å². The Morgan fingerprint density at radius 3 is 2.43 bits per heavy atom. The Kier molecular flexibility index (Phi) is 5.57. The van der Waals surface area contributed by atoms with Crippen molar-refractivity contribution in [1.29, 1.82) is 0 Å². The SMILES string of the molecule is CC(=O)c1c[nH]c(C(=O)NCC(Nc2ccccc2)C(C)C)c1. The smallest absolute Gasteiger partial charge is 0.267 e. The zero-order chi connectivity index (χ0) is 16.8. The lowest BCUT2D eigenvalue weighted by Gasteiger charge is -2.23. The van der Waals surface area contributed by atoms with Crippen molar-refractivity contribution in [2.24, 2.45) is 5.92 Å². The molecule has 0 bridgehead atoms. The Bertz CT molecular complexity index is 662. The number of hydrogen-bond donors (Lipinski definition) is 3. The maximum Gasteiger partial charge on any atom is 0.267 e.